The fraction of sp³-hybridized carbons (Fsp3) is 0.571. The van der Waals surface area contributed by atoms with E-state index < -0.39 is 11.5 Å². The zero-order valence-electron chi connectivity index (χ0n) is 11.9. The molecule has 106 valence electrons. The molecule has 0 aliphatic heterocycles. The molecule has 0 atom stereocenters. The molecule has 1 aromatic rings. The molecule has 0 spiro atoms. The van der Waals surface area contributed by atoms with Crippen LogP contribution in [0.2, 0.25) is 0 Å². The number of carboxylic acids is 1. The number of furan rings is 1. The lowest BCUT2D eigenvalue weighted by Gasteiger charge is -2.31. The first-order valence-electron chi connectivity index (χ1n) is 6.45. The van der Waals surface area contributed by atoms with Gasteiger partial charge in [0.15, 0.2) is 5.76 Å². The summed E-state index contributed by atoms with van der Waals surface area (Å²) >= 11 is 0. The van der Waals surface area contributed by atoms with Crippen LogP contribution >= 0.6 is 0 Å². The molecule has 0 saturated carbocycles. The Morgan fingerprint density at radius 2 is 1.89 bits per heavy atom. The summed E-state index contributed by atoms with van der Waals surface area (Å²) in [6, 6.07) is 1.78. The number of aliphatic carboxylic acids is 1. The molecule has 0 bridgehead atoms. The van der Waals surface area contributed by atoms with Crippen molar-refractivity contribution in [1.29, 1.82) is 0 Å². The number of hydrogen-bond donors (Lipinski definition) is 2. The van der Waals surface area contributed by atoms with Gasteiger partial charge < -0.3 is 14.8 Å². The van der Waals surface area contributed by atoms with Gasteiger partial charge >= 0.3 is 5.97 Å². The van der Waals surface area contributed by atoms with E-state index in [-0.39, 0.29) is 18.1 Å². The summed E-state index contributed by atoms with van der Waals surface area (Å²) in [5.41, 5.74) is 0.0298. The Bertz CT molecular complexity index is 472. The molecule has 1 rings (SSSR count). The molecule has 0 saturated heterocycles. The number of hydrogen-bond acceptors (Lipinski definition) is 3. The van der Waals surface area contributed by atoms with Gasteiger partial charge in [0.05, 0.1) is 12.0 Å². The van der Waals surface area contributed by atoms with E-state index in [9.17, 15) is 9.59 Å². The fourth-order valence-electron chi connectivity index (χ4n) is 2.17. The highest BCUT2D eigenvalue weighted by Gasteiger charge is 2.32. The highest BCUT2D eigenvalue weighted by molar-refractivity contribution is 5.93. The average Bonchev–Trinajstić information content (AvgIpc) is 2.67. The third kappa shape index (κ3) is 3.59. The number of carboxylic acid groups (broad SMARTS) is 1. The van der Waals surface area contributed by atoms with Crippen LogP contribution < -0.4 is 5.32 Å². The number of carbonyl (C=O) groups is 2. The Morgan fingerprint density at radius 1 is 1.32 bits per heavy atom. The zero-order chi connectivity index (χ0) is 14.6. The molecule has 0 aromatic carbocycles. The van der Waals surface area contributed by atoms with Crippen LogP contribution in [0.15, 0.2) is 10.5 Å². The molecule has 2 N–H and O–H groups in total. The minimum absolute atomic E-state index is 0.0928. The van der Waals surface area contributed by atoms with Gasteiger partial charge in [0.25, 0.3) is 5.91 Å². The number of carbonyl (C=O) groups excluding carboxylic acids is 1. The largest absolute Gasteiger partial charge is 0.481 e. The van der Waals surface area contributed by atoms with Crippen LogP contribution in [0.4, 0.5) is 0 Å². The van der Waals surface area contributed by atoms with E-state index in [0.717, 1.165) is 5.56 Å². The molecule has 0 aliphatic carbocycles. The number of amides is 1. The third-order valence-electron chi connectivity index (χ3n) is 3.47. The minimum atomic E-state index is -0.920. The first-order valence-corrected chi connectivity index (χ1v) is 6.45. The molecular weight excluding hydrogens is 246 g/mol. The van der Waals surface area contributed by atoms with Gasteiger partial charge in [-0.2, -0.15) is 0 Å². The van der Waals surface area contributed by atoms with Gasteiger partial charge in [-0.15, -0.1) is 0 Å². The maximum absolute atomic E-state index is 12.2. The summed E-state index contributed by atoms with van der Waals surface area (Å²) in [6.45, 7) is 7.30. The summed E-state index contributed by atoms with van der Waals surface area (Å²) in [5.74, 6) is -0.347. The maximum atomic E-state index is 12.2. The van der Waals surface area contributed by atoms with Crippen LogP contribution in [0.1, 0.15) is 55.0 Å². The van der Waals surface area contributed by atoms with Gasteiger partial charge in [-0.05, 0) is 32.8 Å². The predicted molar refractivity (Wildman–Crippen MR) is 71.2 cm³/mol. The summed E-state index contributed by atoms with van der Waals surface area (Å²) in [7, 11) is 0. The summed E-state index contributed by atoms with van der Waals surface area (Å²) < 4.78 is 5.36. The van der Waals surface area contributed by atoms with Crippen molar-refractivity contribution in [1.82, 2.24) is 5.32 Å². The molecule has 0 radical (unpaired) electrons. The van der Waals surface area contributed by atoms with Crippen LogP contribution in [0.25, 0.3) is 0 Å². The van der Waals surface area contributed by atoms with E-state index in [1.54, 1.807) is 19.9 Å². The van der Waals surface area contributed by atoms with Crippen molar-refractivity contribution >= 4 is 11.9 Å². The fourth-order valence-corrected chi connectivity index (χ4v) is 2.17. The first kappa shape index (κ1) is 15.3. The Labute approximate surface area is 113 Å². The lowest BCUT2D eigenvalue weighted by Crippen LogP contribution is -2.49. The molecule has 1 aromatic heterocycles. The van der Waals surface area contributed by atoms with Gasteiger partial charge in [0.2, 0.25) is 0 Å². The molecule has 5 nitrogen and oxygen atoms in total. The SMILES string of the molecule is CCC(CC)(CC(=O)O)NC(=O)c1oc(C)cc1C. The molecule has 0 fully saturated rings. The van der Waals surface area contributed by atoms with Crippen molar-refractivity contribution < 1.29 is 19.1 Å². The molecule has 0 unspecified atom stereocenters. The molecule has 1 amide bonds. The molecule has 19 heavy (non-hydrogen) atoms. The minimum Gasteiger partial charge on any atom is -0.481 e. The first-order chi connectivity index (χ1) is 8.83. The van der Waals surface area contributed by atoms with E-state index in [0.29, 0.717) is 18.6 Å². The number of aryl methyl sites for hydroxylation is 2. The third-order valence-corrected chi connectivity index (χ3v) is 3.47. The van der Waals surface area contributed by atoms with Crippen molar-refractivity contribution in [2.75, 3.05) is 0 Å². The van der Waals surface area contributed by atoms with Gasteiger partial charge in [0.1, 0.15) is 5.76 Å². The molecule has 0 aliphatic rings. The Balaban J connectivity index is 2.93. The standard InChI is InChI=1S/C14H21NO4/c1-5-14(6-2,8-11(16)17)15-13(18)12-9(3)7-10(4)19-12/h7H,5-6,8H2,1-4H3,(H,15,18)(H,16,17). The van der Waals surface area contributed by atoms with E-state index in [4.69, 9.17) is 9.52 Å². The zero-order valence-corrected chi connectivity index (χ0v) is 11.9. The smallest absolute Gasteiger partial charge is 0.305 e. The molecule has 5 heteroatoms. The van der Waals surface area contributed by atoms with Crippen molar-refractivity contribution in [3.05, 3.63) is 23.2 Å². The lowest BCUT2D eigenvalue weighted by atomic mass is 9.88. The monoisotopic (exact) mass is 267 g/mol. The summed E-state index contributed by atoms with van der Waals surface area (Å²) in [6.07, 6.45) is 1.02. The van der Waals surface area contributed by atoms with Crippen LogP contribution in [-0.2, 0) is 4.79 Å². The normalized spacial score (nSPS) is 11.4. The maximum Gasteiger partial charge on any atom is 0.305 e. The van der Waals surface area contributed by atoms with Gasteiger partial charge in [-0.25, -0.2) is 0 Å². The van der Waals surface area contributed by atoms with Gasteiger partial charge in [-0.1, -0.05) is 13.8 Å². The van der Waals surface area contributed by atoms with Crippen LogP contribution in [-0.4, -0.2) is 22.5 Å². The lowest BCUT2D eigenvalue weighted by molar-refractivity contribution is -0.138. The quantitative estimate of drug-likeness (QED) is 0.830. The van der Waals surface area contributed by atoms with Gasteiger partial charge in [-0.3, -0.25) is 9.59 Å². The van der Waals surface area contributed by atoms with Crippen LogP contribution in [0.5, 0.6) is 0 Å². The molecular formula is C14H21NO4. The Hall–Kier alpha value is -1.78. The summed E-state index contributed by atoms with van der Waals surface area (Å²) in [5, 5.41) is 11.8. The second kappa shape index (κ2) is 5.91. The van der Waals surface area contributed by atoms with Crippen molar-refractivity contribution in [2.45, 2.75) is 52.5 Å². The van der Waals surface area contributed by atoms with Crippen molar-refractivity contribution in [2.24, 2.45) is 0 Å². The second-order valence-corrected chi connectivity index (χ2v) is 4.88. The van der Waals surface area contributed by atoms with E-state index >= 15 is 0 Å². The van der Waals surface area contributed by atoms with E-state index in [1.165, 1.54) is 0 Å². The van der Waals surface area contributed by atoms with E-state index in [2.05, 4.69) is 5.32 Å². The predicted octanol–water partition coefficient (Wildman–Crippen LogP) is 2.66. The molecule has 1 heterocycles. The average molecular weight is 267 g/mol. The number of nitrogens with one attached hydrogen (secondary N) is 1. The van der Waals surface area contributed by atoms with Crippen molar-refractivity contribution in [3.8, 4) is 0 Å². The summed E-state index contributed by atoms with van der Waals surface area (Å²) in [4.78, 5) is 23.1. The van der Waals surface area contributed by atoms with Crippen LogP contribution in [0, 0.1) is 13.8 Å². The Kier molecular flexibility index (Phi) is 4.75. The van der Waals surface area contributed by atoms with Crippen molar-refractivity contribution in [3.63, 3.8) is 0 Å². The topological polar surface area (TPSA) is 79.5 Å². The highest BCUT2D eigenvalue weighted by Crippen LogP contribution is 2.22. The number of rotatable bonds is 6. The van der Waals surface area contributed by atoms with E-state index in [1.807, 2.05) is 13.8 Å². The van der Waals surface area contributed by atoms with Gasteiger partial charge in [0, 0.05) is 5.56 Å². The van der Waals surface area contributed by atoms with Crippen LogP contribution in [0.3, 0.4) is 0 Å². The Morgan fingerprint density at radius 3 is 2.26 bits per heavy atom. The highest BCUT2D eigenvalue weighted by atomic mass is 16.4. The second-order valence-electron chi connectivity index (χ2n) is 4.88.